The zero-order chi connectivity index (χ0) is 23.7. The first-order valence-electron chi connectivity index (χ1n) is 12.5. The summed E-state index contributed by atoms with van der Waals surface area (Å²) in [4.78, 5) is 19.4. The average Bonchev–Trinajstić information content (AvgIpc) is 3.39. The van der Waals surface area contributed by atoms with Crippen molar-refractivity contribution in [2.75, 3.05) is 11.5 Å². The summed E-state index contributed by atoms with van der Waals surface area (Å²) in [5, 5.41) is 16.1. The number of nitrogens with zero attached hydrogens (tertiary/aromatic N) is 5. The highest BCUT2D eigenvalue weighted by molar-refractivity contribution is 6.00. The van der Waals surface area contributed by atoms with Gasteiger partial charge in [-0.2, -0.15) is 5.10 Å². The molecule has 9 nitrogen and oxygen atoms in total. The molecule has 4 aliphatic rings. The van der Waals surface area contributed by atoms with Crippen LogP contribution in [-0.4, -0.2) is 54.9 Å². The minimum atomic E-state index is -0.0257. The van der Waals surface area contributed by atoms with Crippen molar-refractivity contribution in [3.05, 3.63) is 36.8 Å². The number of carbonyl (C=O) groups is 1. The minimum Gasteiger partial charge on any atom is -0.492 e. The molecule has 6 heterocycles. The van der Waals surface area contributed by atoms with Gasteiger partial charge in [-0.1, -0.05) is 0 Å². The van der Waals surface area contributed by atoms with Crippen molar-refractivity contribution in [1.29, 1.82) is 0 Å². The van der Waals surface area contributed by atoms with E-state index in [1.54, 1.807) is 6.92 Å². The predicted molar refractivity (Wildman–Crippen MR) is 132 cm³/mol. The number of pyridine rings is 2. The van der Waals surface area contributed by atoms with Crippen molar-refractivity contribution in [3.63, 3.8) is 0 Å². The topological polar surface area (TPSA) is 100 Å². The third-order valence-corrected chi connectivity index (χ3v) is 8.11. The van der Waals surface area contributed by atoms with Crippen molar-refractivity contribution in [2.45, 2.75) is 63.6 Å². The highest BCUT2D eigenvalue weighted by atomic mass is 16.5. The van der Waals surface area contributed by atoms with E-state index in [-0.39, 0.29) is 11.4 Å². The SMILES string of the molecule is CCOc1cc(-c2ccc(N3C4CC5CC3CC(NC(C)=O)(C5)C4)nc2)c2c3cn[nH]c3nn2c1. The molecule has 0 aromatic carbocycles. The van der Waals surface area contributed by atoms with Gasteiger partial charge in [0, 0.05) is 41.9 Å². The number of anilines is 1. The molecule has 35 heavy (non-hydrogen) atoms. The van der Waals surface area contributed by atoms with Crippen molar-refractivity contribution in [2.24, 2.45) is 5.92 Å². The molecule has 0 radical (unpaired) electrons. The smallest absolute Gasteiger partial charge is 0.217 e. The first-order valence-corrected chi connectivity index (χ1v) is 12.5. The second-order valence-corrected chi connectivity index (χ2v) is 10.5. The van der Waals surface area contributed by atoms with Crippen LogP contribution in [0.2, 0.25) is 0 Å². The van der Waals surface area contributed by atoms with E-state index in [0.717, 1.165) is 58.5 Å². The fourth-order valence-corrected chi connectivity index (χ4v) is 7.23. The molecule has 2 aliphatic heterocycles. The normalized spacial score (nSPS) is 27.1. The quantitative estimate of drug-likeness (QED) is 0.460. The molecule has 2 saturated heterocycles. The molecular formula is C26H29N7O2. The fraction of sp³-hybridized carbons (Fsp3) is 0.462. The van der Waals surface area contributed by atoms with Crippen molar-refractivity contribution < 1.29 is 9.53 Å². The van der Waals surface area contributed by atoms with Gasteiger partial charge in [-0.05, 0) is 63.1 Å². The largest absolute Gasteiger partial charge is 0.492 e. The molecule has 0 spiro atoms. The maximum Gasteiger partial charge on any atom is 0.217 e. The lowest BCUT2D eigenvalue weighted by Crippen LogP contribution is -2.69. The van der Waals surface area contributed by atoms with E-state index >= 15 is 0 Å². The third-order valence-electron chi connectivity index (χ3n) is 8.11. The number of hydrogen-bond donors (Lipinski definition) is 2. The van der Waals surface area contributed by atoms with E-state index in [4.69, 9.17) is 9.72 Å². The van der Waals surface area contributed by atoms with Crippen molar-refractivity contribution in [3.8, 4) is 16.9 Å². The summed E-state index contributed by atoms with van der Waals surface area (Å²) in [5.74, 6) is 2.58. The highest BCUT2D eigenvalue weighted by Gasteiger charge is 2.55. The van der Waals surface area contributed by atoms with Gasteiger partial charge in [0.25, 0.3) is 0 Å². The summed E-state index contributed by atoms with van der Waals surface area (Å²) in [6, 6.07) is 7.22. The van der Waals surface area contributed by atoms with Gasteiger partial charge >= 0.3 is 0 Å². The maximum atomic E-state index is 11.9. The minimum absolute atomic E-state index is 0.0257. The van der Waals surface area contributed by atoms with Gasteiger partial charge in [-0.15, -0.1) is 5.10 Å². The molecule has 2 atom stereocenters. The number of aromatic amines is 1. The average molecular weight is 472 g/mol. The predicted octanol–water partition coefficient (Wildman–Crippen LogP) is 3.70. The number of amides is 1. The van der Waals surface area contributed by atoms with Crippen LogP contribution in [0.3, 0.4) is 0 Å². The number of ether oxygens (including phenoxy) is 1. The van der Waals surface area contributed by atoms with Gasteiger partial charge < -0.3 is 15.0 Å². The zero-order valence-corrected chi connectivity index (χ0v) is 20.0. The number of carbonyl (C=O) groups excluding carboxylic acids is 1. The van der Waals surface area contributed by atoms with E-state index in [1.165, 1.54) is 12.8 Å². The number of nitrogens with one attached hydrogen (secondary N) is 2. The zero-order valence-electron chi connectivity index (χ0n) is 20.0. The molecule has 8 rings (SSSR count). The van der Waals surface area contributed by atoms with E-state index in [2.05, 4.69) is 43.7 Å². The summed E-state index contributed by atoms with van der Waals surface area (Å²) < 4.78 is 7.68. The highest BCUT2D eigenvalue weighted by Crippen LogP contribution is 2.52. The molecule has 4 aromatic rings. The summed E-state index contributed by atoms with van der Waals surface area (Å²) in [6.45, 7) is 4.21. The van der Waals surface area contributed by atoms with Crippen LogP contribution < -0.4 is 15.0 Å². The Hall–Kier alpha value is -3.62. The van der Waals surface area contributed by atoms with Crippen LogP contribution in [0.4, 0.5) is 5.82 Å². The maximum absolute atomic E-state index is 11.9. The number of H-pyrrole nitrogens is 1. The Morgan fingerprint density at radius 1 is 1.23 bits per heavy atom. The summed E-state index contributed by atoms with van der Waals surface area (Å²) in [5.41, 5.74) is 3.74. The molecule has 2 N–H and O–H groups in total. The van der Waals surface area contributed by atoms with E-state index < -0.39 is 0 Å². The van der Waals surface area contributed by atoms with E-state index in [9.17, 15) is 4.79 Å². The van der Waals surface area contributed by atoms with E-state index in [0.29, 0.717) is 24.6 Å². The Kier molecular flexibility index (Phi) is 4.40. The van der Waals surface area contributed by atoms with Crippen molar-refractivity contribution in [1.82, 2.24) is 30.1 Å². The Labute approximate surface area is 202 Å². The van der Waals surface area contributed by atoms with Crippen LogP contribution in [0.25, 0.3) is 27.7 Å². The molecule has 2 saturated carbocycles. The molecule has 2 unspecified atom stereocenters. The number of rotatable bonds is 5. The molecule has 4 fully saturated rings. The second-order valence-electron chi connectivity index (χ2n) is 10.5. The third kappa shape index (κ3) is 3.20. The first kappa shape index (κ1) is 20.7. The van der Waals surface area contributed by atoms with Gasteiger partial charge in [-0.25, -0.2) is 9.50 Å². The van der Waals surface area contributed by atoms with E-state index in [1.807, 2.05) is 30.0 Å². The standard InChI is InChI=1S/C26H29N7O2/c1-3-35-20-8-21(24-22-13-28-30-25(22)31-32(24)14-20)17-4-5-23(27-12-17)33-18-6-16-7-19(33)11-26(9-16,10-18)29-15(2)34/h4-5,8,12-14,16,18-19H,3,6-7,9-11H2,1-2H3,(H,29,34)(H,30,31). The van der Waals surface area contributed by atoms with Crippen molar-refractivity contribution >= 4 is 28.3 Å². The molecule has 1 amide bonds. The van der Waals surface area contributed by atoms with Crippen LogP contribution in [0, 0.1) is 5.92 Å². The Morgan fingerprint density at radius 3 is 2.77 bits per heavy atom. The lowest BCUT2D eigenvalue weighted by Gasteiger charge is -2.62. The summed E-state index contributed by atoms with van der Waals surface area (Å²) in [7, 11) is 0. The van der Waals surface area contributed by atoms with Gasteiger partial charge in [-0.3, -0.25) is 9.89 Å². The fourth-order valence-electron chi connectivity index (χ4n) is 7.23. The number of piperidine rings is 2. The lowest BCUT2D eigenvalue weighted by atomic mass is 9.59. The van der Waals surface area contributed by atoms with Crippen LogP contribution in [0.1, 0.15) is 46.0 Å². The Morgan fingerprint density at radius 2 is 2.06 bits per heavy atom. The van der Waals surface area contributed by atoms with Gasteiger partial charge in [0.15, 0.2) is 5.65 Å². The van der Waals surface area contributed by atoms with Gasteiger partial charge in [0.2, 0.25) is 5.91 Å². The Balaban J connectivity index is 1.25. The van der Waals surface area contributed by atoms with Gasteiger partial charge in [0.05, 0.1) is 29.9 Å². The molecule has 9 heteroatoms. The number of aromatic nitrogens is 5. The monoisotopic (exact) mass is 471 g/mol. The van der Waals surface area contributed by atoms with Crippen LogP contribution >= 0.6 is 0 Å². The molecular weight excluding hydrogens is 442 g/mol. The second kappa shape index (κ2) is 7.44. The Bertz CT molecular complexity index is 1420. The summed E-state index contributed by atoms with van der Waals surface area (Å²) >= 11 is 0. The lowest BCUT2D eigenvalue weighted by molar-refractivity contribution is -0.123. The number of hydrogen-bond acceptors (Lipinski definition) is 6. The molecule has 4 aromatic heterocycles. The van der Waals surface area contributed by atoms with Gasteiger partial charge in [0.1, 0.15) is 11.6 Å². The molecule has 4 bridgehead atoms. The summed E-state index contributed by atoms with van der Waals surface area (Å²) in [6.07, 6.45) is 11.2. The van der Waals surface area contributed by atoms with Crippen LogP contribution in [0.5, 0.6) is 5.75 Å². The molecule has 180 valence electrons. The molecule has 2 aliphatic carbocycles. The first-order chi connectivity index (χ1) is 17.0. The van der Waals surface area contributed by atoms with Crippen LogP contribution in [-0.2, 0) is 4.79 Å². The van der Waals surface area contributed by atoms with Crippen LogP contribution in [0.15, 0.2) is 36.8 Å². The number of fused-ring (bicyclic) bond motifs is 3.